The molecular formula is C19H21N5O2. The van der Waals surface area contributed by atoms with Crippen LogP contribution in [0.15, 0.2) is 42.6 Å². The molecule has 3 heterocycles. The number of nitrogens with one attached hydrogen (secondary N) is 1. The van der Waals surface area contributed by atoms with E-state index in [1.165, 1.54) is 0 Å². The van der Waals surface area contributed by atoms with E-state index in [0.29, 0.717) is 18.3 Å². The zero-order valence-corrected chi connectivity index (χ0v) is 14.4. The van der Waals surface area contributed by atoms with E-state index in [2.05, 4.69) is 21.3 Å². The number of benzene rings is 1. The number of pyridine rings is 1. The van der Waals surface area contributed by atoms with Gasteiger partial charge in [0.2, 0.25) is 5.88 Å². The zero-order valence-electron chi connectivity index (χ0n) is 14.4. The summed E-state index contributed by atoms with van der Waals surface area (Å²) in [5.74, 6) is 1.17. The maximum absolute atomic E-state index is 8.39. The Hall–Kier alpha value is -3.11. The Bertz CT molecular complexity index is 867. The second-order valence-electron chi connectivity index (χ2n) is 5.94. The molecule has 3 N–H and O–H groups in total. The van der Waals surface area contributed by atoms with Gasteiger partial charge < -0.3 is 15.2 Å². The van der Waals surface area contributed by atoms with Gasteiger partial charge in [-0.3, -0.25) is 5.10 Å². The predicted octanol–water partition coefficient (Wildman–Crippen LogP) is 3.06. The van der Waals surface area contributed by atoms with Gasteiger partial charge in [0.25, 0.3) is 0 Å². The molecule has 0 aliphatic carbocycles. The maximum Gasteiger partial charge on any atom is 0.227 e. The fourth-order valence-electron chi connectivity index (χ4n) is 2.62. The first kappa shape index (κ1) is 17.7. The summed E-state index contributed by atoms with van der Waals surface area (Å²) in [5.41, 5.74) is 7.69. The smallest absolute Gasteiger partial charge is 0.227 e. The highest BCUT2D eigenvalue weighted by molar-refractivity contribution is 5.92. The molecule has 26 heavy (non-hydrogen) atoms. The fraction of sp³-hybridized carbons (Fsp3) is 0.316. The molecule has 134 valence electrons. The number of nitrogens with zero attached hydrogens (tertiary/aromatic N) is 3. The van der Waals surface area contributed by atoms with Crippen molar-refractivity contribution in [2.75, 3.05) is 18.9 Å². The van der Waals surface area contributed by atoms with Gasteiger partial charge in [-0.05, 0) is 24.5 Å². The first-order valence-corrected chi connectivity index (χ1v) is 8.50. The van der Waals surface area contributed by atoms with Crippen LogP contribution in [0.3, 0.4) is 0 Å². The number of fused-ring (bicyclic) bond motifs is 1. The number of aromatic amines is 1. The van der Waals surface area contributed by atoms with Crippen molar-refractivity contribution in [3.8, 4) is 11.9 Å². The number of H-pyrrole nitrogens is 1. The van der Waals surface area contributed by atoms with Crippen LogP contribution in [0.25, 0.3) is 10.9 Å². The van der Waals surface area contributed by atoms with E-state index >= 15 is 0 Å². The third kappa shape index (κ3) is 4.49. The highest BCUT2D eigenvalue weighted by atomic mass is 16.5. The Balaban J connectivity index is 0.000000206. The molecule has 0 bridgehead atoms. The van der Waals surface area contributed by atoms with Crippen molar-refractivity contribution < 1.29 is 9.47 Å². The van der Waals surface area contributed by atoms with Crippen molar-refractivity contribution in [1.29, 1.82) is 5.26 Å². The molecule has 0 atom stereocenters. The number of anilines is 1. The van der Waals surface area contributed by atoms with E-state index in [9.17, 15) is 0 Å². The molecule has 1 aliphatic heterocycles. The van der Waals surface area contributed by atoms with E-state index in [0.717, 1.165) is 42.5 Å². The highest BCUT2D eigenvalue weighted by Gasteiger charge is 2.11. The summed E-state index contributed by atoms with van der Waals surface area (Å²) in [5, 5.41) is 15.9. The van der Waals surface area contributed by atoms with Crippen LogP contribution in [-0.4, -0.2) is 28.4 Å². The Morgan fingerprint density at radius 3 is 2.69 bits per heavy atom. The monoisotopic (exact) mass is 351 g/mol. The van der Waals surface area contributed by atoms with Gasteiger partial charge in [0.05, 0.1) is 17.5 Å². The first-order chi connectivity index (χ1) is 12.8. The molecule has 4 rings (SSSR count). The maximum atomic E-state index is 8.39. The van der Waals surface area contributed by atoms with Crippen molar-refractivity contribution in [3.63, 3.8) is 0 Å². The van der Waals surface area contributed by atoms with E-state index < -0.39 is 0 Å². The zero-order chi connectivity index (χ0) is 18.2. The Morgan fingerprint density at radius 2 is 2.00 bits per heavy atom. The van der Waals surface area contributed by atoms with Crippen LogP contribution in [0.5, 0.6) is 5.88 Å². The van der Waals surface area contributed by atoms with Gasteiger partial charge >= 0.3 is 0 Å². The fourth-order valence-corrected chi connectivity index (χ4v) is 2.62. The van der Waals surface area contributed by atoms with Crippen molar-refractivity contribution in [3.05, 3.63) is 48.2 Å². The minimum atomic E-state index is 0.267. The lowest BCUT2D eigenvalue weighted by atomic mass is 10.0. The van der Waals surface area contributed by atoms with E-state index in [4.69, 9.17) is 20.5 Å². The summed E-state index contributed by atoms with van der Waals surface area (Å²) in [6, 6.07) is 13.9. The number of hydrogen-bond acceptors (Lipinski definition) is 6. The van der Waals surface area contributed by atoms with Crippen LogP contribution in [0.4, 0.5) is 5.82 Å². The van der Waals surface area contributed by atoms with Gasteiger partial charge in [-0.1, -0.05) is 30.3 Å². The van der Waals surface area contributed by atoms with E-state index in [1.54, 1.807) is 6.20 Å². The standard InChI is InChI=1S/C13H12N4O.C6H9NO/c14-12-11-10(16-17-12)6-7-15-13(11)18-8-9-4-2-1-3-5-9;7-5-6-1-3-8-4-2-6/h1-7H,8H2,(H3,14,16,17);6H,1-4H2. The van der Waals surface area contributed by atoms with Gasteiger partial charge in [-0.15, -0.1) is 0 Å². The molecule has 1 aromatic carbocycles. The number of nitrogen functional groups attached to an aromatic ring is 1. The molecule has 0 unspecified atom stereocenters. The summed E-state index contributed by atoms with van der Waals surface area (Å²) >= 11 is 0. The van der Waals surface area contributed by atoms with Gasteiger partial charge in [-0.25, -0.2) is 4.98 Å². The minimum Gasteiger partial charge on any atom is -0.472 e. The van der Waals surface area contributed by atoms with Crippen LogP contribution >= 0.6 is 0 Å². The van der Waals surface area contributed by atoms with Crippen molar-refractivity contribution in [2.24, 2.45) is 5.92 Å². The summed E-state index contributed by atoms with van der Waals surface area (Å²) in [6.45, 7) is 2.01. The first-order valence-electron chi connectivity index (χ1n) is 8.50. The second kappa shape index (κ2) is 8.83. The van der Waals surface area contributed by atoms with Crippen LogP contribution in [-0.2, 0) is 11.3 Å². The average Bonchev–Trinajstić information content (AvgIpc) is 3.10. The third-order valence-corrected chi connectivity index (χ3v) is 4.09. The highest BCUT2D eigenvalue weighted by Crippen LogP contribution is 2.26. The SMILES string of the molecule is N#CC1CCOCC1.Nc1n[nH]c2ccnc(OCc3ccccc3)c12. The normalized spacial score (nSPS) is 14.3. The molecule has 0 spiro atoms. The molecule has 3 aromatic rings. The lowest BCUT2D eigenvalue weighted by Gasteiger charge is -2.14. The molecule has 7 heteroatoms. The number of nitrogens with two attached hydrogens (primary N) is 1. The van der Waals surface area contributed by atoms with E-state index in [1.807, 2.05) is 36.4 Å². The van der Waals surface area contributed by atoms with Crippen molar-refractivity contribution in [2.45, 2.75) is 19.4 Å². The molecule has 0 saturated carbocycles. The topological polar surface area (TPSA) is 110 Å². The number of rotatable bonds is 3. The van der Waals surface area contributed by atoms with E-state index in [-0.39, 0.29) is 5.92 Å². The van der Waals surface area contributed by atoms with Crippen LogP contribution in [0.1, 0.15) is 18.4 Å². The molecule has 1 saturated heterocycles. The number of hydrogen-bond donors (Lipinski definition) is 2. The predicted molar refractivity (Wildman–Crippen MR) is 98.2 cm³/mol. The summed E-state index contributed by atoms with van der Waals surface area (Å²) in [4.78, 5) is 4.19. The quantitative estimate of drug-likeness (QED) is 0.750. The Morgan fingerprint density at radius 1 is 1.23 bits per heavy atom. The second-order valence-corrected chi connectivity index (χ2v) is 5.94. The van der Waals surface area contributed by atoms with Gasteiger partial charge in [0.15, 0.2) is 5.82 Å². The lowest BCUT2D eigenvalue weighted by molar-refractivity contribution is 0.0802. The van der Waals surface area contributed by atoms with Crippen LogP contribution in [0.2, 0.25) is 0 Å². The number of ether oxygens (including phenoxy) is 2. The Labute approximate surface area is 151 Å². The average molecular weight is 351 g/mol. The Kier molecular flexibility index (Phi) is 6.01. The molecule has 0 amide bonds. The molecule has 1 aliphatic rings. The van der Waals surface area contributed by atoms with Crippen molar-refractivity contribution in [1.82, 2.24) is 15.2 Å². The summed E-state index contributed by atoms with van der Waals surface area (Å²) < 4.78 is 10.7. The van der Waals surface area contributed by atoms with Gasteiger partial charge in [0, 0.05) is 19.4 Å². The van der Waals surface area contributed by atoms with Crippen molar-refractivity contribution >= 4 is 16.7 Å². The van der Waals surface area contributed by atoms with Crippen LogP contribution in [0, 0.1) is 17.2 Å². The lowest BCUT2D eigenvalue weighted by Crippen LogP contribution is -2.13. The molecule has 0 radical (unpaired) electrons. The molecule has 7 nitrogen and oxygen atoms in total. The molecule has 2 aromatic heterocycles. The van der Waals surface area contributed by atoms with Gasteiger partial charge in [-0.2, -0.15) is 10.4 Å². The largest absolute Gasteiger partial charge is 0.472 e. The minimum absolute atomic E-state index is 0.267. The summed E-state index contributed by atoms with van der Waals surface area (Å²) in [7, 11) is 0. The molecule has 1 fully saturated rings. The van der Waals surface area contributed by atoms with Gasteiger partial charge in [0.1, 0.15) is 12.0 Å². The third-order valence-electron chi connectivity index (χ3n) is 4.09. The number of aromatic nitrogens is 3. The molecular weight excluding hydrogens is 330 g/mol. The summed E-state index contributed by atoms with van der Waals surface area (Å²) in [6.07, 6.45) is 3.52. The number of nitriles is 1. The van der Waals surface area contributed by atoms with Crippen LogP contribution < -0.4 is 10.5 Å².